The lowest BCUT2D eigenvalue weighted by Gasteiger charge is -2.14. The van der Waals surface area contributed by atoms with Crippen molar-refractivity contribution in [2.75, 3.05) is 11.9 Å². The molecule has 1 heterocycles. The maximum atomic E-state index is 13.2. The van der Waals surface area contributed by atoms with Crippen LogP contribution in [0.4, 0.5) is 23.7 Å². The van der Waals surface area contributed by atoms with Crippen molar-refractivity contribution in [3.8, 4) is 11.1 Å². The summed E-state index contributed by atoms with van der Waals surface area (Å²) in [5.41, 5.74) is 1.87. The lowest BCUT2D eigenvalue weighted by atomic mass is 9.98. The third kappa shape index (κ3) is 4.09. The summed E-state index contributed by atoms with van der Waals surface area (Å²) in [5, 5.41) is 14.0. The number of carboxylic acid groups (broad SMARTS) is 1. The van der Waals surface area contributed by atoms with Gasteiger partial charge in [-0.15, -0.1) is 0 Å². The quantitative estimate of drug-likeness (QED) is 0.627. The zero-order valence-corrected chi connectivity index (χ0v) is 15.9. The van der Waals surface area contributed by atoms with Gasteiger partial charge in [-0.1, -0.05) is 48.5 Å². The van der Waals surface area contributed by atoms with E-state index in [-0.39, 0.29) is 12.5 Å². The fourth-order valence-electron chi connectivity index (χ4n) is 3.69. The van der Waals surface area contributed by atoms with Crippen LogP contribution >= 0.6 is 0 Å². The van der Waals surface area contributed by atoms with Crippen LogP contribution in [0, 0.1) is 0 Å². The molecule has 160 valence electrons. The van der Waals surface area contributed by atoms with Crippen molar-refractivity contribution < 1.29 is 32.6 Å². The maximum Gasteiger partial charge on any atom is 0.437 e. The number of aromatic nitrogens is 2. The number of anilines is 1. The Labute approximate surface area is 174 Å². The number of hydrogen-bond donors (Lipinski definition) is 2. The van der Waals surface area contributed by atoms with Crippen LogP contribution in [0.3, 0.4) is 0 Å². The molecular weight excluding hydrogens is 415 g/mol. The summed E-state index contributed by atoms with van der Waals surface area (Å²) in [4.78, 5) is 23.0. The highest BCUT2D eigenvalue weighted by atomic mass is 19.4. The first-order chi connectivity index (χ1) is 14.7. The van der Waals surface area contributed by atoms with Crippen molar-refractivity contribution in [1.82, 2.24) is 9.78 Å². The van der Waals surface area contributed by atoms with Gasteiger partial charge < -0.3 is 9.84 Å². The number of benzene rings is 2. The molecule has 1 amide bonds. The van der Waals surface area contributed by atoms with Crippen molar-refractivity contribution in [1.29, 1.82) is 0 Å². The molecule has 0 saturated carbocycles. The van der Waals surface area contributed by atoms with Gasteiger partial charge in [-0.3, -0.25) is 14.8 Å². The maximum absolute atomic E-state index is 13.2. The molecule has 3 aromatic rings. The average Bonchev–Trinajstić information content (AvgIpc) is 3.24. The minimum absolute atomic E-state index is 0.0789. The molecular formula is C21H16F3N3O4. The molecule has 0 atom stereocenters. The van der Waals surface area contributed by atoms with Crippen LogP contribution in [0.25, 0.3) is 11.1 Å². The number of halogens is 3. The largest absolute Gasteiger partial charge is 0.480 e. The molecule has 4 rings (SSSR count). The zero-order chi connectivity index (χ0) is 22.2. The summed E-state index contributed by atoms with van der Waals surface area (Å²) in [6.45, 7) is -0.861. The van der Waals surface area contributed by atoms with E-state index in [1.165, 1.54) is 0 Å². The van der Waals surface area contributed by atoms with Crippen molar-refractivity contribution in [2.24, 2.45) is 0 Å². The Bertz CT molecular complexity index is 1110. The fraction of sp³-hybridized carbons (Fsp3) is 0.190. The van der Waals surface area contributed by atoms with Gasteiger partial charge in [0, 0.05) is 12.1 Å². The monoisotopic (exact) mass is 431 g/mol. The Morgan fingerprint density at radius 2 is 1.65 bits per heavy atom. The van der Waals surface area contributed by atoms with E-state index in [4.69, 9.17) is 9.84 Å². The number of carboxylic acids is 1. The van der Waals surface area contributed by atoms with Gasteiger partial charge in [0.05, 0.1) is 5.69 Å². The number of fused-ring (bicyclic) bond motifs is 3. The van der Waals surface area contributed by atoms with E-state index in [0.29, 0.717) is 4.68 Å². The average molecular weight is 431 g/mol. The molecule has 31 heavy (non-hydrogen) atoms. The molecule has 0 unspecified atom stereocenters. The molecule has 0 saturated heterocycles. The van der Waals surface area contributed by atoms with Gasteiger partial charge in [-0.2, -0.15) is 18.3 Å². The Hall–Kier alpha value is -3.82. The number of nitrogens with zero attached hydrogens (tertiary/aromatic N) is 2. The van der Waals surface area contributed by atoms with Crippen molar-refractivity contribution >= 4 is 17.7 Å². The predicted molar refractivity (Wildman–Crippen MR) is 104 cm³/mol. The first-order valence-corrected chi connectivity index (χ1v) is 9.22. The third-order valence-corrected chi connectivity index (χ3v) is 4.91. The highest BCUT2D eigenvalue weighted by molar-refractivity contribution is 5.86. The summed E-state index contributed by atoms with van der Waals surface area (Å²) in [5.74, 6) is -1.63. The number of nitrogens with one attached hydrogen (secondary N) is 1. The van der Waals surface area contributed by atoms with E-state index < -0.39 is 36.2 Å². The predicted octanol–water partition coefficient (Wildman–Crippen LogP) is 4.35. The normalized spacial score (nSPS) is 12.9. The number of alkyl halides is 3. The van der Waals surface area contributed by atoms with Gasteiger partial charge in [0.25, 0.3) is 0 Å². The molecule has 2 aromatic carbocycles. The van der Waals surface area contributed by atoms with E-state index in [1.807, 2.05) is 53.8 Å². The van der Waals surface area contributed by atoms with Crippen LogP contribution in [0.2, 0.25) is 0 Å². The molecule has 0 spiro atoms. The van der Waals surface area contributed by atoms with Crippen LogP contribution in [-0.2, 0) is 22.3 Å². The number of amides is 1. The first-order valence-electron chi connectivity index (χ1n) is 9.22. The Balaban J connectivity index is 1.51. The van der Waals surface area contributed by atoms with E-state index >= 15 is 0 Å². The molecule has 10 heteroatoms. The van der Waals surface area contributed by atoms with E-state index in [1.54, 1.807) is 0 Å². The summed E-state index contributed by atoms with van der Waals surface area (Å²) in [6.07, 6.45) is -5.17. The number of ether oxygens (including phenoxy) is 1. The van der Waals surface area contributed by atoms with Crippen LogP contribution in [0.1, 0.15) is 22.7 Å². The molecule has 0 aliphatic heterocycles. The lowest BCUT2D eigenvalue weighted by Crippen LogP contribution is -2.19. The van der Waals surface area contributed by atoms with E-state index in [9.17, 15) is 22.8 Å². The summed E-state index contributed by atoms with van der Waals surface area (Å²) >= 11 is 0. The van der Waals surface area contributed by atoms with Gasteiger partial charge in [0.15, 0.2) is 5.69 Å². The minimum Gasteiger partial charge on any atom is -0.480 e. The van der Waals surface area contributed by atoms with Gasteiger partial charge >= 0.3 is 18.2 Å². The molecule has 7 nitrogen and oxygen atoms in total. The Morgan fingerprint density at radius 1 is 1.06 bits per heavy atom. The van der Waals surface area contributed by atoms with Crippen molar-refractivity contribution in [3.05, 3.63) is 71.5 Å². The van der Waals surface area contributed by atoms with E-state index in [2.05, 4.69) is 5.10 Å². The van der Waals surface area contributed by atoms with Gasteiger partial charge in [0.2, 0.25) is 0 Å². The second-order valence-corrected chi connectivity index (χ2v) is 6.93. The molecule has 1 aliphatic rings. The second kappa shape index (κ2) is 7.78. The second-order valence-electron chi connectivity index (χ2n) is 6.93. The zero-order valence-electron chi connectivity index (χ0n) is 15.9. The van der Waals surface area contributed by atoms with Gasteiger partial charge in [0.1, 0.15) is 13.2 Å². The molecule has 1 aliphatic carbocycles. The van der Waals surface area contributed by atoms with Crippen LogP contribution < -0.4 is 5.32 Å². The Morgan fingerprint density at radius 3 is 2.19 bits per heavy atom. The fourth-order valence-corrected chi connectivity index (χ4v) is 3.69. The standard InChI is InChI=1S/C21H16F3N3O4/c22-21(23,24)19-17(9-27(26-19)10-18(28)29)25-20(30)31-11-16-14-7-3-1-5-12(14)13-6-2-4-8-15(13)16/h1-9,16H,10-11H2,(H,25,30)(H,28,29). The number of carbonyl (C=O) groups excluding carboxylic acids is 1. The number of rotatable bonds is 5. The van der Waals surface area contributed by atoms with Gasteiger partial charge in [-0.05, 0) is 22.3 Å². The summed E-state index contributed by atoms with van der Waals surface area (Å²) < 4.78 is 45.4. The van der Waals surface area contributed by atoms with Crippen LogP contribution in [0.15, 0.2) is 54.7 Å². The molecule has 2 N–H and O–H groups in total. The highest BCUT2D eigenvalue weighted by Gasteiger charge is 2.38. The topological polar surface area (TPSA) is 93.5 Å². The lowest BCUT2D eigenvalue weighted by molar-refractivity contribution is -0.142. The molecule has 1 aromatic heterocycles. The SMILES string of the molecule is O=C(O)Cn1cc(NC(=O)OCC2c3ccccc3-c3ccccc32)c(C(F)(F)F)n1. The minimum atomic E-state index is -4.88. The van der Waals surface area contributed by atoms with Crippen LogP contribution in [0.5, 0.6) is 0 Å². The number of hydrogen-bond acceptors (Lipinski definition) is 4. The molecule has 0 fully saturated rings. The van der Waals surface area contributed by atoms with Gasteiger partial charge in [-0.25, -0.2) is 4.79 Å². The molecule has 0 bridgehead atoms. The van der Waals surface area contributed by atoms with Crippen molar-refractivity contribution in [3.63, 3.8) is 0 Å². The number of carbonyl (C=O) groups is 2. The molecule has 0 radical (unpaired) electrons. The van der Waals surface area contributed by atoms with Crippen LogP contribution in [-0.4, -0.2) is 33.6 Å². The third-order valence-electron chi connectivity index (χ3n) is 4.91. The Kier molecular flexibility index (Phi) is 5.14. The smallest absolute Gasteiger partial charge is 0.437 e. The summed E-state index contributed by atoms with van der Waals surface area (Å²) in [7, 11) is 0. The first kappa shape index (κ1) is 20.5. The van der Waals surface area contributed by atoms with Crippen molar-refractivity contribution in [2.45, 2.75) is 18.6 Å². The highest BCUT2D eigenvalue weighted by Crippen LogP contribution is 2.44. The number of aliphatic carboxylic acids is 1. The summed E-state index contributed by atoms with van der Waals surface area (Å²) in [6, 6.07) is 15.3. The van der Waals surface area contributed by atoms with E-state index in [0.717, 1.165) is 28.5 Å².